The second kappa shape index (κ2) is 5.72. The molecule has 0 spiro atoms. The van der Waals surface area contributed by atoms with Crippen LogP contribution in [0.1, 0.15) is 24.8 Å². The molecule has 0 aromatic carbocycles. The molecule has 2 atom stereocenters. The van der Waals surface area contributed by atoms with Crippen LogP contribution in [0.25, 0.3) is 0 Å². The average Bonchev–Trinajstić information content (AvgIpc) is 2.65. The molecule has 0 saturated carbocycles. The van der Waals surface area contributed by atoms with Crippen molar-refractivity contribution in [1.29, 1.82) is 0 Å². The maximum Gasteiger partial charge on any atom is 0.185 e. The number of nitrogens with two attached hydrogens (primary N) is 1. The first-order chi connectivity index (χ1) is 7.06. The Balaban J connectivity index is 2.69. The molecule has 0 amide bonds. The maximum atomic E-state index is 5.81. The lowest BCUT2D eigenvalue weighted by Gasteiger charge is -2.23. The molecule has 0 fully saturated rings. The fourth-order valence-electron chi connectivity index (χ4n) is 1.19. The van der Waals surface area contributed by atoms with Crippen molar-refractivity contribution >= 4 is 28.2 Å². The highest BCUT2D eigenvalue weighted by Gasteiger charge is 2.14. The number of hydrogen-bond acceptors (Lipinski definition) is 5. The van der Waals surface area contributed by atoms with Gasteiger partial charge in [-0.15, -0.1) is 11.3 Å². The van der Waals surface area contributed by atoms with Crippen LogP contribution in [0.3, 0.4) is 0 Å². The first-order valence-electron chi connectivity index (χ1n) is 4.99. The van der Waals surface area contributed by atoms with E-state index in [-0.39, 0.29) is 6.04 Å². The summed E-state index contributed by atoms with van der Waals surface area (Å²) in [6, 6.07) is 0.590. The van der Waals surface area contributed by atoms with Gasteiger partial charge in [0.1, 0.15) is 0 Å². The molecule has 0 aliphatic rings. The molecule has 1 heterocycles. The van der Waals surface area contributed by atoms with E-state index in [2.05, 4.69) is 30.1 Å². The smallest absolute Gasteiger partial charge is 0.185 e. The predicted molar refractivity (Wildman–Crippen MR) is 71.0 cm³/mol. The largest absolute Gasteiger partial charge is 0.348 e. The number of nitrogens with zero attached hydrogens (tertiary/aromatic N) is 2. The Hall–Kier alpha value is -0.260. The minimum Gasteiger partial charge on any atom is -0.348 e. The molecule has 1 aromatic heterocycles. The monoisotopic (exact) mass is 245 g/mol. The lowest BCUT2D eigenvalue weighted by atomic mass is 10.3. The summed E-state index contributed by atoms with van der Waals surface area (Å²) >= 11 is 3.54. The van der Waals surface area contributed by atoms with E-state index in [1.807, 2.05) is 24.9 Å². The van der Waals surface area contributed by atoms with Gasteiger partial charge in [-0.25, -0.2) is 4.98 Å². The van der Waals surface area contributed by atoms with Crippen LogP contribution in [-0.4, -0.2) is 30.1 Å². The Morgan fingerprint density at radius 1 is 1.60 bits per heavy atom. The highest BCUT2D eigenvalue weighted by molar-refractivity contribution is 7.98. The minimum atomic E-state index is 0.0838. The number of rotatable bonds is 5. The van der Waals surface area contributed by atoms with Gasteiger partial charge >= 0.3 is 0 Å². The van der Waals surface area contributed by atoms with Crippen LogP contribution in [0.2, 0.25) is 0 Å². The van der Waals surface area contributed by atoms with Crippen molar-refractivity contribution in [1.82, 2.24) is 4.98 Å². The molecule has 0 bridgehead atoms. The molecule has 1 rings (SSSR count). The van der Waals surface area contributed by atoms with Gasteiger partial charge in [0.25, 0.3) is 0 Å². The van der Waals surface area contributed by atoms with Gasteiger partial charge in [-0.1, -0.05) is 0 Å². The van der Waals surface area contributed by atoms with E-state index >= 15 is 0 Å². The highest BCUT2D eigenvalue weighted by Crippen LogP contribution is 2.26. The highest BCUT2D eigenvalue weighted by atomic mass is 32.2. The maximum absolute atomic E-state index is 5.81. The van der Waals surface area contributed by atoms with Crippen LogP contribution in [0.4, 0.5) is 5.13 Å². The third-order valence-corrected chi connectivity index (χ3v) is 4.44. The number of thioether (sulfide) groups is 1. The van der Waals surface area contributed by atoms with Crippen molar-refractivity contribution in [3.63, 3.8) is 0 Å². The molecular weight excluding hydrogens is 226 g/mol. The summed E-state index contributed by atoms with van der Waals surface area (Å²) in [4.78, 5) is 7.76. The number of thiazole rings is 1. The number of hydrogen-bond donors (Lipinski definition) is 1. The Morgan fingerprint density at radius 3 is 2.73 bits per heavy atom. The molecule has 2 unspecified atom stereocenters. The Morgan fingerprint density at radius 2 is 2.27 bits per heavy atom. The van der Waals surface area contributed by atoms with Gasteiger partial charge in [-0.05, 0) is 20.1 Å². The van der Waals surface area contributed by atoms with Gasteiger partial charge in [0.15, 0.2) is 5.13 Å². The van der Waals surface area contributed by atoms with Crippen molar-refractivity contribution in [2.75, 3.05) is 24.0 Å². The molecular formula is C10H19N3S2. The molecule has 0 radical (unpaired) electrons. The van der Waals surface area contributed by atoms with Gasteiger partial charge in [0.2, 0.25) is 0 Å². The first-order valence-corrected chi connectivity index (χ1v) is 7.20. The molecule has 2 N–H and O–H groups in total. The van der Waals surface area contributed by atoms with Crippen molar-refractivity contribution in [3.8, 4) is 0 Å². The Bertz CT molecular complexity index is 299. The topological polar surface area (TPSA) is 42.2 Å². The Kier molecular flexibility index (Phi) is 4.89. The van der Waals surface area contributed by atoms with E-state index in [9.17, 15) is 0 Å². The van der Waals surface area contributed by atoms with Gasteiger partial charge in [-0.3, -0.25) is 0 Å². The minimum absolute atomic E-state index is 0.0838. The van der Waals surface area contributed by atoms with Crippen molar-refractivity contribution in [2.45, 2.75) is 25.9 Å². The zero-order valence-corrected chi connectivity index (χ0v) is 11.4. The molecule has 1 aromatic rings. The van der Waals surface area contributed by atoms with E-state index in [0.717, 1.165) is 15.8 Å². The molecule has 15 heavy (non-hydrogen) atoms. The van der Waals surface area contributed by atoms with Crippen molar-refractivity contribution < 1.29 is 0 Å². The zero-order valence-electron chi connectivity index (χ0n) is 9.73. The van der Waals surface area contributed by atoms with E-state index in [0.29, 0.717) is 6.04 Å². The Labute approximate surface area is 100 Å². The number of anilines is 1. The van der Waals surface area contributed by atoms with Gasteiger partial charge in [0.05, 0.1) is 0 Å². The van der Waals surface area contributed by atoms with E-state index in [4.69, 9.17) is 5.73 Å². The predicted octanol–water partition coefficient (Wildman–Crippen LogP) is 2.35. The summed E-state index contributed by atoms with van der Waals surface area (Å²) in [6.07, 6.45) is 4.01. The van der Waals surface area contributed by atoms with E-state index in [1.54, 1.807) is 11.3 Å². The van der Waals surface area contributed by atoms with Crippen LogP contribution in [0, 0.1) is 0 Å². The normalized spacial score (nSPS) is 15.0. The average molecular weight is 245 g/mol. The summed E-state index contributed by atoms with van der Waals surface area (Å²) in [7, 11) is 2.09. The SMILES string of the molecule is CSCC(C)N(C)c1ncc(C(C)N)s1. The summed E-state index contributed by atoms with van der Waals surface area (Å²) in [6.45, 7) is 4.20. The fourth-order valence-corrected chi connectivity index (χ4v) is 2.83. The second-order valence-corrected chi connectivity index (χ2v) is 5.70. The third-order valence-electron chi connectivity index (χ3n) is 2.33. The van der Waals surface area contributed by atoms with Gasteiger partial charge in [0, 0.05) is 36.0 Å². The van der Waals surface area contributed by atoms with Crippen LogP contribution >= 0.6 is 23.1 Å². The number of aromatic nitrogens is 1. The summed E-state index contributed by atoms with van der Waals surface area (Å²) in [5.74, 6) is 1.11. The summed E-state index contributed by atoms with van der Waals surface area (Å²) < 4.78 is 0. The quantitative estimate of drug-likeness (QED) is 0.864. The van der Waals surface area contributed by atoms with Crippen molar-refractivity contribution in [3.05, 3.63) is 11.1 Å². The van der Waals surface area contributed by atoms with Crippen LogP contribution in [-0.2, 0) is 0 Å². The molecule has 0 saturated heterocycles. The lowest BCUT2D eigenvalue weighted by molar-refractivity contribution is 0.762. The van der Waals surface area contributed by atoms with Crippen LogP contribution < -0.4 is 10.6 Å². The van der Waals surface area contributed by atoms with Crippen molar-refractivity contribution in [2.24, 2.45) is 5.73 Å². The second-order valence-electron chi connectivity index (χ2n) is 3.75. The van der Waals surface area contributed by atoms with Crippen LogP contribution in [0.15, 0.2) is 6.20 Å². The molecule has 5 heteroatoms. The molecule has 0 aliphatic heterocycles. The lowest BCUT2D eigenvalue weighted by Crippen LogP contribution is -2.30. The third kappa shape index (κ3) is 3.36. The van der Waals surface area contributed by atoms with Gasteiger partial charge < -0.3 is 10.6 Å². The van der Waals surface area contributed by atoms with Gasteiger partial charge in [-0.2, -0.15) is 11.8 Å². The first kappa shape index (κ1) is 12.8. The molecule has 0 aliphatic carbocycles. The van der Waals surface area contributed by atoms with Crippen LogP contribution in [0.5, 0.6) is 0 Å². The zero-order chi connectivity index (χ0) is 11.4. The molecule has 86 valence electrons. The summed E-state index contributed by atoms with van der Waals surface area (Å²) in [5, 5.41) is 1.06. The fraction of sp³-hybridized carbons (Fsp3) is 0.700. The van der Waals surface area contributed by atoms with E-state index in [1.165, 1.54) is 0 Å². The summed E-state index contributed by atoms with van der Waals surface area (Å²) in [5.41, 5.74) is 5.81. The molecule has 3 nitrogen and oxygen atoms in total. The van der Waals surface area contributed by atoms with E-state index < -0.39 is 0 Å². The standard InChI is InChI=1S/C10H19N3S2/c1-7(6-14-4)13(3)10-12-5-9(15-10)8(2)11/h5,7-8H,6,11H2,1-4H3.